The average Bonchev–Trinajstić information content (AvgIpc) is 2.48. The third-order valence-corrected chi connectivity index (χ3v) is 2.90. The van der Waals surface area contributed by atoms with E-state index in [9.17, 15) is 0 Å². The summed E-state index contributed by atoms with van der Waals surface area (Å²) in [5.41, 5.74) is 1.91. The van der Waals surface area contributed by atoms with Crippen molar-refractivity contribution in [2.45, 2.75) is 6.92 Å². The van der Waals surface area contributed by atoms with E-state index in [0.717, 1.165) is 36.7 Å². The van der Waals surface area contributed by atoms with Gasteiger partial charge in [0.2, 0.25) is 5.95 Å². The number of nitrogens with one attached hydrogen (secondary N) is 2. The minimum atomic E-state index is 0.641. The van der Waals surface area contributed by atoms with Crippen LogP contribution in [-0.4, -0.2) is 53.6 Å². The van der Waals surface area contributed by atoms with Gasteiger partial charge in [-0.2, -0.15) is 4.98 Å². The number of pyridine rings is 1. The first-order chi connectivity index (χ1) is 10.2. The van der Waals surface area contributed by atoms with Gasteiger partial charge in [-0.25, -0.2) is 4.98 Å². The monoisotopic (exact) mass is 286 g/mol. The zero-order valence-corrected chi connectivity index (χ0v) is 12.8. The Labute approximate surface area is 125 Å². The van der Waals surface area contributed by atoms with Crippen LogP contribution in [0.3, 0.4) is 0 Å². The predicted molar refractivity (Wildman–Crippen MR) is 86.5 cm³/mol. The van der Waals surface area contributed by atoms with Crippen molar-refractivity contribution >= 4 is 11.8 Å². The lowest BCUT2D eigenvalue weighted by Crippen LogP contribution is -2.21. The smallest absolute Gasteiger partial charge is 0.225 e. The van der Waals surface area contributed by atoms with E-state index in [2.05, 4.69) is 30.5 Å². The number of hydrogen-bond donors (Lipinski definition) is 2. The SMILES string of the molecule is CCNc1cc(-c2ccncc2)nc(NCCN(C)C)n1. The van der Waals surface area contributed by atoms with Gasteiger partial charge in [0.1, 0.15) is 5.82 Å². The Morgan fingerprint density at radius 3 is 2.52 bits per heavy atom. The van der Waals surface area contributed by atoms with Crippen molar-refractivity contribution in [3.05, 3.63) is 30.6 Å². The first kappa shape index (κ1) is 15.2. The molecule has 0 atom stereocenters. The highest BCUT2D eigenvalue weighted by molar-refractivity contribution is 5.63. The van der Waals surface area contributed by atoms with Gasteiger partial charge >= 0.3 is 0 Å². The van der Waals surface area contributed by atoms with Crippen LogP contribution < -0.4 is 10.6 Å². The fraction of sp³-hybridized carbons (Fsp3) is 0.400. The molecule has 6 nitrogen and oxygen atoms in total. The summed E-state index contributed by atoms with van der Waals surface area (Å²) >= 11 is 0. The second-order valence-electron chi connectivity index (χ2n) is 4.96. The van der Waals surface area contributed by atoms with Crippen molar-refractivity contribution in [2.24, 2.45) is 0 Å². The molecule has 2 aromatic heterocycles. The highest BCUT2D eigenvalue weighted by Crippen LogP contribution is 2.20. The Morgan fingerprint density at radius 2 is 1.86 bits per heavy atom. The van der Waals surface area contributed by atoms with Crippen LogP contribution in [0.5, 0.6) is 0 Å². The normalized spacial score (nSPS) is 10.7. The van der Waals surface area contributed by atoms with Crippen LogP contribution in [0.25, 0.3) is 11.3 Å². The van der Waals surface area contributed by atoms with Gasteiger partial charge in [0.25, 0.3) is 0 Å². The van der Waals surface area contributed by atoms with Gasteiger partial charge in [0.15, 0.2) is 0 Å². The predicted octanol–water partition coefficient (Wildman–Crippen LogP) is 1.94. The van der Waals surface area contributed by atoms with Crippen molar-refractivity contribution in [3.8, 4) is 11.3 Å². The molecule has 0 bridgehead atoms. The molecule has 2 N–H and O–H groups in total. The summed E-state index contributed by atoms with van der Waals surface area (Å²) < 4.78 is 0. The van der Waals surface area contributed by atoms with Crippen LogP contribution in [0.15, 0.2) is 30.6 Å². The van der Waals surface area contributed by atoms with E-state index in [1.807, 2.05) is 39.2 Å². The Kier molecular flexibility index (Phi) is 5.45. The summed E-state index contributed by atoms with van der Waals surface area (Å²) in [6, 6.07) is 5.85. The average molecular weight is 286 g/mol. The molecule has 0 spiro atoms. The summed E-state index contributed by atoms with van der Waals surface area (Å²) in [6.07, 6.45) is 3.53. The highest BCUT2D eigenvalue weighted by Gasteiger charge is 2.06. The number of rotatable bonds is 7. The third kappa shape index (κ3) is 4.68. The number of likely N-dealkylation sites (N-methyl/N-ethyl adjacent to an activating group) is 1. The van der Waals surface area contributed by atoms with Crippen LogP contribution in [-0.2, 0) is 0 Å². The van der Waals surface area contributed by atoms with E-state index < -0.39 is 0 Å². The standard InChI is InChI=1S/C15H22N6/c1-4-17-14-11-13(12-5-7-16-8-6-12)19-15(20-14)18-9-10-21(2)3/h5-8,11H,4,9-10H2,1-3H3,(H2,17,18,19,20). The molecule has 0 aliphatic rings. The zero-order chi connectivity index (χ0) is 15.1. The van der Waals surface area contributed by atoms with E-state index in [1.165, 1.54) is 0 Å². The minimum absolute atomic E-state index is 0.641. The van der Waals surface area contributed by atoms with Crippen molar-refractivity contribution < 1.29 is 0 Å². The van der Waals surface area contributed by atoms with E-state index >= 15 is 0 Å². The van der Waals surface area contributed by atoms with Gasteiger partial charge < -0.3 is 15.5 Å². The van der Waals surface area contributed by atoms with E-state index in [-0.39, 0.29) is 0 Å². The molecule has 0 saturated carbocycles. The second-order valence-corrected chi connectivity index (χ2v) is 4.96. The van der Waals surface area contributed by atoms with Crippen LogP contribution >= 0.6 is 0 Å². The van der Waals surface area contributed by atoms with Gasteiger partial charge in [-0.05, 0) is 33.2 Å². The molecule has 0 fully saturated rings. The highest BCUT2D eigenvalue weighted by atomic mass is 15.2. The molecule has 0 unspecified atom stereocenters. The molecule has 21 heavy (non-hydrogen) atoms. The largest absolute Gasteiger partial charge is 0.370 e. The van der Waals surface area contributed by atoms with Crippen molar-refractivity contribution in [3.63, 3.8) is 0 Å². The van der Waals surface area contributed by atoms with Crippen molar-refractivity contribution in [1.29, 1.82) is 0 Å². The summed E-state index contributed by atoms with van der Waals surface area (Å²) in [4.78, 5) is 15.2. The molecule has 6 heteroatoms. The summed E-state index contributed by atoms with van der Waals surface area (Å²) in [5.74, 6) is 1.47. The maximum atomic E-state index is 4.57. The molecule has 2 heterocycles. The van der Waals surface area contributed by atoms with Crippen LogP contribution in [0.2, 0.25) is 0 Å². The Bertz CT molecular complexity index is 555. The summed E-state index contributed by atoms with van der Waals surface area (Å²) in [5, 5.41) is 6.51. The van der Waals surface area contributed by atoms with E-state index in [4.69, 9.17) is 0 Å². The van der Waals surface area contributed by atoms with Gasteiger partial charge in [-0.15, -0.1) is 0 Å². The third-order valence-electron chi connectivity index (χ3n) is 2.90. The summed E-state index contributed by atoms with van der Waals surface area (Å²) in [7, 11) is 4.08. The Hall–Kier alpha value is -2.21. The molecular weight excluding hydrogens is 264 g/mol. The lowest BCUT2D eigenvalue weighted by Gasteiger charge is -2.12. The quantitative estimate of drug-likeness (QED) is 0.811. The molecular formula is C15H22N6. The van der Waals surface area contributed by atoms with Crippen LogP contribution in [0.1, 0.15) is 6.92 Å². The molecule has 0 saturated heterocycles. The molecule has 0 radical (unpaired) electrons. The molecule has 0 aromatic carbocycles. The molecule has 112 valence electrons. The van der Waals surface area contributed by atoms with Crippen molar-refractivity contribution in [2.75, 3.05) is 44.4 Å². The molecule has 2 rings (SSSR count). The summed E-state index contributed by atoms with van der Waals surface area (Å²) in [6.45, 7) is 4.61. The first-order valence-electron chi connectivity index (χ1n) is 7.11. The Balaban J connectivity index is 2.22. The second kappa shape index (κ2) is 7.54. The van der Waals surface area contributed by atoms with E-state index in [1.54, 1.807) is 12.4 Å². The Morgan fingerprint density at radius 1 is 1.10 bits per heavy atom. The maximum Gasteiger partial charge on any atom is 0.225 e. The van der Waals surface area contributed by atoms with Crippen LogP contribution in [0, 0.1) is 0 Å². The topological polar surface area (TPSA) is 66.0 Å². The lowest BCUT2D eigenvalue weighted by atomic mass is 10.2. The number of aromatic nitrogens is 3. The van der Waals surface area contributed by atoms with E-state index in [0.29, 0.717) is 5.95 Å². The van der Waals surface area contributed by atoms with Gasteiger partial charge in [-0.3, -0.25) is 4.98 Å². The van der Waals surface area contributed by atoms with Crippen LogP contribution in [0.4, 0.5) is 11.8 Å². The fourth-order valence-electron chi connectivity index (χ4n) is 1.86. The molecule has 0 amide bonds. The number of hydrogen-bond acceptors (Lipinski definition) is 6. The van der Waals surface area contributed by atoms with Gasteiger partial charge in [0, 0.05) is 43.7 Å². The fourth-order valence-corrected chi connectivity index (χ4v) is 1.86. The lowest BCUT2D eigenvalue weighted by molar-refractivity contribution is 0.425. The minimum Gasteiger partial charge on any atom is -0.370 e. The maximum absolute atomic E-state index is 4.57. The molecule has 2 aromatic rings. The van der Waals surface area contributed by atoms with Gasteiger partial charge in [0.05, 0.1) is 5.69 Å². The first-order valence-corrected chi connectivity index (χ1v) is 7.11. The number of anilines is 2. The number of nitrogens with zero attached hydrogens (tertiary/aromatic N) is 4. The van der Waals surface area contributed by atoms with Gasteiger partial charge in [-0.1, -0.05) is 0 Å². The van der Waals surface area contributed by atoms with Crippen molar-refractivity contribution in [1.82, 2.24) is 19.9 Å². The zero-order valence-electron chi connectivity index (χ0n) is 12.8. The molecule has 0 aliphatic carbocycles. The molecule has 0 aliphatic heterocycles.